The lowest BCUT2D eigenvalue weighted by Gasteiger charge is -2.28. The average molecular weight is 493 g/mol. The molecule has 0 aromatic carbocycles. The zero-order chi connectivity index (χ0) is 25.2. The second-order valence-electron chi connectivity index (χ2n) is 8.48. The van der Waals surface area contributed by atoms with E-state index in [1.807, 2.05) is 23.9 Å². The molecule has 13 heteroatoms. The Morgan fingerprint density at radius 1 is 1.26 bits per heavy atom. The van der Waals surface area contributed by atoms with Gasteiger partial charge in [-0.1, -0.05) is 0 Å². The molecule has 3 aromatic heterocycles. The van der Waals surface area contributed by atoms with Crippen molar-refractivity contribution in [1.82, 2.24) is 29.8 Å². The molecular formula is C22H27F3N8O2. The number of hydrogen-bond acceptors (Lipinski definition) is 8. The lowest BCUT2D eigenvalue weighted by molar-refractivity contribution is -0.137. The first-order valence-corrected chi connectivity index (χ1v) is 11.1. The van der Waals surface area contributed by atoms with Crippen LogP contribution in [-0.4, -0.2) is 83.9 Å². The zero-order valence-corrected chi connectivity index (χ0v) is 19.5. The summed E-state index contributed by atoms with van der Waals surface area (Å²) in [5.74, 6) is -0.319. The molecule has 1 saturated heterocycles. The van der Waals surface area contributed by atoms with Crippen molar-refractivity contribution in [3.63, 3.8) is 0 Å². The Morgan fingerprint density at radius 2 is 2.00 bits per heavy atom. The second kappa shape index (κ2) is 10.0. The fourth-order valence-corrected chi connectivity index (χ4v) is 3.81. The van der Waals surface area contributed by atoms with Gasteiger partial charge in [0.2, 0.25) is 0 Å². The summed E-state index contributed by atoms with van der Waals surface area (Å²) < 4.78 is 48.1. The monoisotopic (exact) mass is 492 g/mol. The quantitative estimate of drug-likeness (QED) is 0.481. The number of nitrogens with zero attached hydrogens (tertiary/aromatic N) is 6. The zero-order valence-electron chi connectivity index (χ0n) is 19.5. The fraction of sp³-hybridized carbons (Fsp3) is 0.455. The van der Waals surface area contributed by atoms with Crippen molar-refractivity contribution in [3.8, 4) is 11.4 Å². The van der Waals surface area contributed by atoms with Gasteiger partial charge in [-0.25, -0.2) is 14.5 Å². The Labute approximate surface area is 199 Å². The van der Waals surface area contributed by atoms with Crippen LogP contribution in [0.2, 0.25) is 0 Å². The van der Waals surface area contributed by atoms with E-state index in [4.69, 9.17) is 10.5 Å². The number of morpholine rings is 1. The molecule has 188 valence electrons. The number of amides is 1. The lowest BCUT2D eigenvalue weighted by Crippen LogP contribution is -2.37. The Morgan fingerprint density at radius 3 is 2.69 bits per heavy atom. The Kier molecular flexibility index (Phi) is 7.08. The molecule has 1 aliphatic rings. The Hall–Kier alpha value is -3.45. The Bertz CT molecular complexity index is 1210. The number of nitrogens with one attached hydrogen (secondary N) is 1. The maximum Gasteiger partial charge on any atom is 0.417 e. The van der Waals surface area contributed by atoms with Gasteiger partial charge < -0.3 is 25.6 Å². The summed E-state index contributed by atoms with van der Waals surface area (Å²) in [6.45, 7) is 3.20. The average Bonchev–Trinajstić information content (AvgIpc) is 3.25. The van der Waals surface area contributed by atoms with Gasteiger partial charge in [0.15, 0.2) is 11.6 Å². The van der Waals surface area contributed by atoms with E-state index in [0.717, 1.165) is 25.2 Å². The molecule has 0 atom stereocenters. The molecule has 1 aliphatic heterocycles. The molecule has 0 aliphatic carbocycles. The summed E-state index contributed by atoms with van der Waals surface area (Å²) in [5.41, 5.74) is 5.07. The van der Waals surface area contributed by atoms with E-state index < -0.39 is 11.7 Å². The van der Waals surface area contributed by atoms with Gasteiger partial charge in [-0.3, -0.25) is 4.79 Å². The maximum absolute atomic E-state index is 13.8. The SMILES string of the molecule is CN(C)CCCNC(=O)c1cc2c(N3CCOCC3)nc(-c3cnc(N)cc3C(F)(F)F)nn2c1. The maximum atomic E-state index is 13.8. The molecule has 0 radical (unpaired) electrons. The molecule has 1 amide bonds. The van der Waals surface area contributed by atoms with E-state index in [1.54, 1.807) is 6.07 Å². The van der Waals surface area contributed by atoms with Crippen LogP contribution in [0.1, 0.15) is 22.3 Å². The predicted octanol–water partition coefficient (Wildman–Crippen LogP) is 1.91. The van der Waals surface area contributed by atoms with Crippen LogP contribution in [0, 0.1) is 0 Å². The number of fused-ring (bicyclic) bond motifs is 1. The molecule has 4 heterocycles. The summed E-state index contributed by atoms with van der Waals surface area (Å²) in [6.07, 6.45) is -1.40. The lowest BCUT2D eigenvalue weighted by atomic mass is 10.1. The van der Waals surface area contributed by atoms with Crippen molar-refractivity contribution >= 4 is 23.1 Å². The largest absolute Gasteiger partial charge is 0.417 e. The number of nitrogen functional groups attached to an aromatic ring is 1. The van der Waals surface area contributed by atoms with E-state index in [2.05, 4.69) is 20.4 Å². The third-order valence-electron chi connectivity index (χ3n) is 5.56. The summed E-state index contributed by atoms with van der Waals surface area (Å²) in [6, 6.07) is 2.40. The number of nitrogens with two attached hydrogens (primary N) is 1. The highest BCUT2D eigenvalue weighted by Gasteiger charge is 2.35. The first-order chi connectivity index (χ1) is 16.6. The fourth-order valence-electron chi connectivity index (χ4n) is 3.81. The third-order valence-corrected chi connectivity index (χ3v) is 5.56. The molecule has 3 N–H and O–H groups in total. The number of carbonyl (C=O) groups excluding carboxylic acids is 1. The molecule has 3 aromatic rings. The van der Waals surface area contributed by atoms with Crippen molar-refractivity contribution in [2.75, 3.05) is 64.1 Å². The highest BCUT2D eigenvalue weighted by molar-refractivity contribution is 5.96. The normalized spacial score (nSPS) is 14.6. The van der Waals surface area contributed by atoms with E-state index in [-0.39, 0.29) is 23.1 Å². The topological polar surface area (TPSA) is 114 Å². The van der Waals surface area contributed by atoms with Gasteiger partial charge in [0.1, 0.15) is 11.3 Å². The van der Waals surface area contributed by atoms with Crippen molar-refractivity contribution in [1.29, 1.82) is 0 Å². The van der Waals surface area contributed by atoms with Crippen LogP contribution < -0.4 is 16.0 Å². The van der Waals surface area contributed by atoms with E-state index in [9.17, 15) is 18.0 Å². The van der Waals surface area contributed by atoms with Crippen LogP contribution in [0.15, 0.2) is 24.5 Å². The van der Waals surface area contributed by atoms with Crippen LogP contribution in [0.4, 0.5) is 24.8 Å². The predicted molar refractivity (Wildman–Crippen MR) is 124 cm³/mol. The number of anilines is 2. The van der Waals surface area contributed by atoms with Crippen LogP contribution in [0.3, 0.4) is 0 Å². The van der Waals surface area contributed by atoms with E-state index in [0.29, 0.717) is 49.7 Å². The van der Waals surface area contributed by atoms with Gasteiger partial charge in [-0.15, -0.1) is 5.10 Å². The number of aromatic nitrogens is 4. The van der Waals surface area contributed by atoms with Gasteiger partial charge in [0.05, 0.1) is 29.9 Å². The first-order valence-electron chi connectivity index (χ1n) is 11.1. The molecule has 35 heavy (non-hydrogen) atoms. The number of ether oxygens (including phenoxy) is 1. The Balaban J connectivity index is 1.76. The van der Waals surface area contributed by atoms with Crippen molar-refractivity contribution < 1.29 is 22.7 Å². The van der Waals surface area contributed by atoms with Crippen LogP contribution in [0.25, 0.3) is 16.9 Å². The highest BCUT2D eigenvalue weighted by Crippen LogP contribution is 2.37. The standard InChI is InChI=1S/C22H27F3N8O2/c1-31(2)5-3-4-27-21(34)14-10-17-20(32-6-8-35-9-7-32)29-19(30-33(17)13-14)15-12-28-18(26)11-16(15)22(23,24)25/h10-13H,3-9H2,1-2H3,(H2,26,28)(H,27,34). The van der Waals surface area contributed by atoms with Crippen LogP contribution in [-0.2, 0) is 10.9 Å². The summed E-state index contributed by atoms with van der Waals surface area (Å²) in [4.78, 5) is 25.0. The number of halogens is 3. The molecule has 0 unspecified atom stereocenters. The highest BCUT2D eigenvalue weighted by atomic mass is 19.4. The minimum absolute atomic E-state index is 0.174. The number of alkyl halides is 3. The molecule has 1 fully saturated rings. The van der Waals surface area contributed by atoms with Gasteiger partial charge >= 0.3 is 6.18 Å². The third kappa shape index (κ3) is 5.62. The molecular weight excluding hydrogens is 465 g/mol. The van der Waals surface area contributed by atoms with Gasteiger partial charge in [-0.2, -0.15) is 13.2 Å². The van der Waals surface area contributed by atoms with Gasteiger partial charge in [0.25, 0.3) is 5.91 Å². The number of hydrogen-bond donors (Lipinski definition) is 2. The first kappa shape index (κ1) is 24.7. The van der Waals surface area contributed by atoms with Crippen molar-refractivity contribution in [3.05, 3.63) is 35.7 Å². The molecule has 10 nitrogen and oxygen atoms in total. The number of rotatable bonds is 7. The minimum atomic E-state index is -4.68. The summed E-state index contributed by atoms with van der Waals surface area (Å²) >= 11 is 0. The number of pyridine rings is 1. The molecule has 0 saturated carbocycles. The van der Waals surface area contributed by atoms with Gasteiger partial charge in [0, 0.05) is 32.0 Å². The van der Waals surface area contributed by atoms with E-state index >= 15 is 0 Å². The molecule has 4 rings (SSSR count). The minimum Gasteiger partial charge on any atom is -0.384 e. The molecule has 0 spiro atoms. The van der Waals surface area contributed by atoms with Crippen molar-refractivity contribution in [2.24, 2.45) is 0 Å². The number of carbonyl (C=O) groups is 1. The molecule has 0 bridgehead atoms. The van der Waals surface area contributed by atoms with Crippen molar-refractivity contribution in [2.45, 2.75) is 12.6 Å². The second-order valence-corrected chi connectivity index (χ2v) is 8.48. The summed E-state index contributed by atoms with van der Waals surface area (Å²) in [7, 11) is 3.90. The summed E-state index contributed by atoms with van der Waals surface area (Å²) in [5, 5.41) is 7.17. The van der Waals surface area contributed by atoms with Crippen LogP contribution in [0.5, 0.6) is 0 Å². The van der Waals surface area contributed by atoms with Crippen LogP contribution >= 0.6 is 0 Å². The van der Waals surface area contributed by atoms with Gasteiger partial charge in [-0.05, 0) is 39.2 Å². The van der Waals surface area contributed by atoms with E-state index in [1.165, 1.54) is 10.7 Å². The smallest absolute Gasteiger partial charge is 0.384 e.